The molecule has 0 saturated heterocycles. The van der Waals surface area contributed by atoms with Crippen LogP contribution >= 0.6 is 43.5 Å². The summed E-state index contributed by atoms with van der Waals surface area (Å²) in [5.41, 5.74) is 2.45. The zero-order valence-electron chi connectivity index (χ0n) is 10.8. The van der Waals surface area contributed by atoms with Crippen molar-refractivity contribution in [2.45, 2.75) is 6.42 Å². The Balaban J connectivity index is 2.29. The number of alkyl halides is 1. The van der Waals surface area contributed by atoms with Crippen LogP contribution in [0.2, 0.25) is 0 Å². The van der Waals surface area contributed by atoms with Gasteiger partial charge in [0.25, 0.3) is 0 Å². The maximum Gasteiger partial charge on any atom is 0.139 e. The summed E-state index contributed by atoms with van der Waals surface area (Å²) in [6.45, 7) is 0. The summed E-state index contributed by atoms with van der Waals surface area (Å²) in [7, 11) is 0. The van der Waals surface area contributed by atoms with E-state index in [0.29, 0.717) is 22.3 Å². The van der Waals surface area contributed by atoms with Crippen LogP contribution in [0.4, 0.5) is 4.39 Å². The van der Waals surface area contributed by atoms with Crippen LogP contribution in [0.3, 0.4) is 0 Å². The van der Waals surface area contributed by atoms with Gasteiger partial charge in [0.1, 0.15) is 11.6 Å². The Labute approximate surface area is 143 Å². The second-order valence-corrected chi connectivity index (χ2v) is 6.68. The quantitative estimate of drug-likeness (QED) is 0.502. The van der Waals surface area contributed by atoms with Crippen molar-refractivity contribution in [3.63, 3.8) is 0 Å². The van der Waals surface area contributed by atoms with Gasteiger partial charge in [-0.1, -0.05) is 15.9 Å². The van der Waals surface area contributed by atoms with Gasteiger partial charge in [-0.05, 0) is 46.3 Å². The predicted octanol–water partition coefficient (Wildman–Crippen LogP) is 5.47. The number of aryl methyl sites for hydroxylation is 1. The molecule has 0 aliphatic heterocycles. The molecule has 1 aromatic heterocycles. The molecule has 0 unspecified atom stereocenters. The topological polar surface area (TPSA) is 17.8 Å². The monoisotopic (exact) mass is 430 g/mol. The van der Waals surface area contributed by atoms with Crippen molar-refractivity contribution in [2.24, 2.45) is 0 Å². The van der Waals surface area contributed by atoms with Crippen LogP contribution in [0, 0.1) is 5.82 Å². The van der Waals surface area contributed by atoms with E-state index in [0.717, 1.165) is 21.5 Å². The smallest absolute Gasteiger partial charge is 0.139 e. The molecule has 6 heteroatoms. The third-order valence-corrected chi connectivity index (χ3v) is 4.49. The molecule has 0 radical (unpaired) electrons. The molecule has 0 bridgehead atoms. The Bertz CT molecular complexity index is 800. The van der Waals surface area contributed by atoms with Crippen LogP contribution in [0.15, 0.2) is 45.3 Å². The first-order valence-corrected chi connectivity index (χ1v) is 8.40. The van der Waals surface area contributed by atoms with Crippen molar-refractivity contribution in [2.75, 3.05) is 5.88 Å². The fourth-order valence-corrected chi connectivity index (χ4v) is 3.02. The van der Waals surface area contributed by atoms with Crippen LogP contribution in [0.25, 0.3) is 16.7 Å². The van der Waals surface area contributed by atoms with Gasteiger partial charge >= 0.3 is 0 Å². The van der Waals surface area contributed by atoms with Crippen molar-refractivity contribution in [3.05, 3.63) is 57.0 Å². The molecule has 0 N–H and O–H groups in total. The predicted molar refractivity (Wildman–Crippen MR) is 90.9 cm³/mol. The number of hydrogen-bond acceptors (Lipinski definition) is 1. The van der Waals surface area contributed by atoms with Gasteiger partial charge < -0.3 is 0 Å². The molecule has 1 heterocycles. The Morgan fingerprint density at radius 2 is 1.86 bits per heavy atom. The molecule has 2 aromatic carbocycles. The van der Waals surface area contributed by atoms with Crippen molar-refractivity contribution in [1.29, 1.82) is 0 Å². The standard InChI is InChI=1S/C15H10Br2ClFN2/c16-9-1-3-10(4-2-9)21-14-7-11(17)12(19)8-13(14)20-15(21)5-6-18/h1-4,7-8H,5-6H2. The molecular weight excluding hydrogens is 422 g/mol. The van der Waals surface area contributed by atoms with E-state index in [9.17, 15) is 4.39 Å². The Morgan fingerprint density at radius 3 is 2.52 bits per heavy atom. The average Bonchev–Trinajstić information content (AvgIpc) is 2.78. The van der Waals surface area contributed by atoms with Gasteiger partial charge in [0.05, 0.1) is 15.5 Å². The lowest BCUT2D eigenvalue weighted by Crippen LogP contribution is -2.02. The Kier molecular flexibility index (Phi) is 4.33. The van der Waals surface area contributed by atoms with Crippen molar-refractivity contribution >= 4 is 54.5 Å². The van der Waals surface area contributed by atoms with E-state index in [4.69, 9.17) is 11.6 Å². The van der Waals surface area contributed by atoms with Gasteiger partial charge in [-0.3, -0.25) is 4.57 Å². The van der Waals surface area contributed by atoms with Gasteiger partial charge in [0, 0.05) is 28.5 Å². The van der Waals surface area contributed by atoms with Crippen LogP contribution < -0.4 is 0 Å². The molecule has 0 saturated carbocycles. The van der Waals surface area contributed by atoms with E-state index < -0.39 is 0 Å². The zero-order chi connectivity index (χ0) is 15.0. The van der Waals surface area contributed by atoms with E-state index in [2.05, 4.69) is 36.8 Å². The number of aromatic nitrogens is 2. The summed E-state index contributed by atoms with van der Waals surface area (Å²) in [5.74, 6) is 0.962. The Hall–Kier alpha value is -0.910. The minimum absolute atomic E-state index is 0.319. The second kappa shape index (κ2) is 6.07. The van der Waals surface area contributed by atoms with Crippen LogP contribution in [-0.2, 0) is 6.42 Å². The lowest BCUT2D eigenvalue weighted by molar-refractivity contribution is 0.623. The zero-order valence-corrected chi connectivity index (χ0v) is 14.7. The second-order valence-electron chi connectivity index (χ2n) is 4.53. The number of imidazole rings is 1. The van der Waals surface area contributed by atoms with E-state index in [1.165, 1.54) is 6.07 Å². The molecule has 0 fully saturated rings. The minimum Gasteiger partial charge on any atom is -0.296 e. The average molecular weight is 433 g/mol. The number of benzene rings is 2. The van der Waals surface area contributed by atoms with Gasteiger partial charge in [-0.25, -0.2) is 9.37 Å². The maximum atomic E-state index is 13.7. The molecule has 21 heavy (non-hydrogen) atoms. The first-order chi connectivity index (χ1) is 10.1. The molecule has 2 nitrogen and oxygen atoms in total. The third kappa shape index (κ3) is 2.87. The molecule has 3 rings (SSSR count). The number of fused-ring (bicyclic) bond motifs is 1. The number of rotatable bonds is 3. The van der Waals surface area contributed by atoms with E-state index in [-0.39, 0.29) is 5.82 Å². The van der Waals surface area contributed by atoms with Gasteiger partial charge in [-0.2, -0.15) is 0 Å². The highest BCUT2D eigenvalue weighted by atomic mass is 79.9. The third-order valence-electron chi connectivity index (χ3n) is 3.17. The highest BCUT2D eigenvalue weighted by Gasteiger charge is 2.14. The number of halogens is 4. The van der Waals surface area contributed by atoms with E-state index in [1.807, 2.05) is 28.8 Å². The molecule has 0 amide bonds. The fourth-order valence-electron chi connectivity index (χ4n) is 2.25. The largest absolute Gasteiger partial charge is 0.296 e. The molecule has 0 atom stereocenters. The van der Waals surface area contributed by atoms with Gasteiger partial charge in [-0.15, -0.1) is 11.6 Å². The summed E-state index contributed by atoms with van der Waals surface area (Å²) in [5, 5.41) is 0. The summed E-state index contributed by atoms with van der Waals surface area (Å²) in [4.78, 5) is 4.51. The molecule has 0 spiro atoms. The number of hydrogen-bond donors (Lipinski definition) is 0. The molecule has 0 aliphatic rings. The maximum absolute atomic E-state index is 13.7. The van der Waals surface area contributed by atoms with Crippen LogP contribution in [0.1, 0.15) is 5.82 Å². The summed E-state index contributed by atoms with van der Waals surface area (Å²) < 4.78 is 17.1. The molecule has 0 aliphatic carbocycles. The van der Waals surface area contributed by atoms with Crippen LogP contribution in [0.5, 0.6) is 0 Å². The van der Waals surface area contributed by atoms with Crippen LogP contribution in [-0.4, -0.2) is 15.4 Å². The first-order valence-electron chi connectivity index (χ1n) is 6.28. The Morgan fingerprint density at radius 1 is 1.14 bits per heavy atom. The first kappa shape index (κ1) is 15.0. The highest BCUT2D eigenvalue weighted by molar-refractivity contribution is 9.10. The van der Waals surface area contributed by atoms with Crippen molar-refractivity contribution in [1.82, 2.24) is 9.55 Å². The normalized spacial score (nSPS) is 11.2. The minimum atomic E-state index is -0.319. The lowest BCUT2D eigenvalue weighted by atomic mass is 10.2. The molecule has 108 valence electrons. The molecule has 3 aromatic rings. The van der Waals surface area contributed by atoms with Gasteiger partial charge in [0.15, 0.2) is 0 Å². The van der Waals surface area contributed by atoms with Crippen molar-refractivity contribution in [3.8, 4) is 5.69 Å². The van der Waals surface area contributed by atoms with Gasteiger partial charge in [0.2, 0.25) is 0 Å². The lowest BCUT2D eigenvalue weighted by Gasteiger charge is -2.09. The summed E-state index contributed by atoms with van der Waals surface area (Å²) in [6.07, 6.45) is 0.617. The SMILES string of the molecule is Fc1cc2nc(CCCl)n(-c3ccc(Br)cc3)c2cc1Br. The fraction of sp³-hybridized carbons (Fsp3) is 0.133. The van der Waals surface area contributed by atoms with Crippen molar-refractivity contribution < 1.29 is 4.39 Å². The summed E-state index contributed by atoms with van der Waals surface area (Å²) >= 11 is 12.5. The van der Waals surface area contributed by atoms with E-state index >= 15 is 0 Å². The summed E-state index contributed by atoms with van der Waals surface area (Å²) in [6, 6.07) is 11.1. The number of nitrogens with zero attached hydrogens (tertiary/aromatic N) is 2. The highest BCUT2D eigenvalue weighted by Crippen LogP contribution is 2.28. The molecular formula is C15H10Br2ClFN2. The van der Waals surface area contributed by atoms with E-state index in [1.54, 1.807) is 6.07 Å².